The lowest BCUT2D eigenvalue weighted by Gasteiger charge is -2.23. The van der Waals surface area contributed by atoms with Crippen molar-refractivity contribution in [3.05, 3.63) is 72.2 Å². The Kier molecular flexibility index (Phi) is 7.03. The maximum Gasteiger partial charge on any atom is 0.332 e. The molecule has 2 amide bonds. The number of nitrogens with zero attached hydrogens (tertiary/aromatic N) is 3. The molecule has 1 heterocycles. The average Bonchev–Trinajstić information content (AvgIpc) is 2.75. The fourth-order valence-electron chi connectivity index (χ4n) is 2.79. The maximum absolute atomic E-state index is 14.1. The molecule has 0 bridgehead atoms. The van der Waals surface area contributed by atoms with Crippen LogP contribution in [-0.2, 0) is 4.74 Å². The molecule has 10 heteroatoms. The molecule has 0 aliphatic carbocycles. The van der Waals surface area contributed by atoms with Gasteiger partial charge in [-0.3, -0.25) is 0 Å². The molecule has 1 aromatic heterocycles. The minimum Gasteiger partial charge on any atom is -0.383 e. The average molecular weight is 431 g/mol. The van der Waals surface area contributed by atoms with Crippen molar-refractivity contribution in [2.24, 2.45) is 0 Å². The lowest BCUT2D eigenvalue weighted by Crippen LogP contribution is -2.32. The molecular formula is C21H20F3N5O2. The van der Waals surface area contributed by atoms with Crippen LogP contribution in [-0.4, -0.2) is 35.8 Å². The summed E-state index contributed by atoms with van der Waals surface area (Å²) in [4.78, 5) is 22.6. The third-order valence-electron chi connectivity index (χ3n) is 4.16. The smallest absolute Gasteiger partial charge is 0.332 e. The molecule has 3 rings (SSSR count). The van der Waals surface area contributed by atoms with Crippen LogP contribution >= 0.6 is 0 Å². The van der Waals surface area contributed by atoms with E-state index >= 15 is 0 Å². The normalized spacial score (nSPS) is 11.6. The van der Waals surface area contributed by atoms with Gasteiger partial charge in [0.15, 0.2) is 11.6 Å². The van der Waals surface area contributed by atoms with E-state index in [0.717, 1.165) is 11.0 Å². The molecule has 162 valence electrons. The fraction of sp³-hybridized carbons (Fsp3) is 0.190. The highest BCUT2D eigenvalue weighted by molar-refractivity contribution is 6.06. The highest BCUT2D eigenvalue weighted by atomic mass is 19.2. The monoisotopic (exact) mass is 431 g/mol. The molecule has 0 saturated heterocycles. The second-order valence-corrected chi connectivity index (χ2v) is 6.56. The Labute approximate surface area is 176 Å². The first kappa shape index (κ1) is 22.0. The second kappa shape index (κ2) is 9.90. The number of carbonyl (C=O) groups excluding carboxylic acids is 1. The summed E-state index contributed by atoms with van der Waals surface area (Å²) in [5, 5.41) is 5.12. The van der Waals surface area contributed by atoms with Gasteiger partial charge in [-0.2, -0.15) is 4.98 Å². The minimum absolute atomic E-state index is 0.116. The molecule has 0 fully saturated rings. The third kappa shape index (κ3) is 5.28. The van der Waals surface area contributed by atoms with Crippen LogP contribution in [0, 0.1) is 17.5 Å². The lowest BCUT2D eigenvalue weighted by molar-refractivity contribution is 0.190. The number of nitrogens with one attached hydrogen (secondary N) is 2. The van der Waals surface area contributed by atoms with Gasteiger partial charge < -0.3 is 15.4 Å². The summed E-state index contributed by atoms with van der Waals surface area (Å²) in [5.41, 5.74) is -0.529. The number of amides is 2. The molecule has 0 spiro atoms. The Morgan fingerprint density at radius 3 is 2.52 bits per heavy atom. The predicted molar refractivity (Wildman–Crippen MR) is 111 cm³/mol. The Morgan fingerprint density at radius 2 is 1.81 bits per heavy atom. The first-order chi connectivity index (χ1) is 14.9. The van der Waals surface area contributed by atoms with E-state index in [2.05, 4.69) is 20.6 Å². The topological polar surface area (TPSA) is 79.4 Å². The van der Waals surface area contributed by atoms with Crippen LogP contribution in [0.15, 0.2) is 54.7 Å². The SMILES string of the molecule is COC[C@H](C)Nc1nccc(N(C(=O)Nc2c(F)ccc(F)c2F)c2ccccc2)n1. The van der Waals surface area contributed by atoms with Crippen LogP contribution in [0.5, 0.6) is 0 Å². The van der Waals surface area contributed by atoms with Gasteiger partial charge in [-0.15, -0.1) is 0 Å². The van der Waals surface area contributed by atoms with Gasteiger partial charge in [0.05, 0.1) is 12.3 Å². The predicted octanol–water partition coefficient (Wildman–Crippen LogP) is 4.71. The van der Waals surface area contributed by atoms with Crippen LogP contribution < -0.4 is 15.5 Å². The standard InChI is InChI=1S/C21H20F3N5O2/c1-13(12-31-2)26-20-25-11-10-17(27-20)29(14-6-4-3-5-7-14)21(30)28-19-16(23)9-8-15(22)18(19)24/h3-11,13H,12H2,1-2H3,(H,28,30)(H,25,26,27)/t13-/m0/s1. The summed E-state index contributed by atoms with van der Waals surface area (Å²) < 4.78 is 46.7. The van der Waals surface area contributed by atoms with Gasteiger partial charge in [-0.25, -0.2) is 27.8 Å². The number of urea groups is 1. The zero-order valence-corrected chi connectivity index (χ0v) is 16.8. The van der Waals surface area contributed by atoms with Crippen molar-refractivity contribution in [1.29, 1.82) is 0 Å². The van der Waals surface area contributed by atoms with E-state index < -0.39 is 29.2 Å². The second-order valence-electron chi connectivity index (χ2n) is 6.56. The number of carbonyl (C=O) groups is 1. The van der Waals surface area contributed by atoms with E-state index in [-0.39, 0.29) is 17.8 Å². The van der Waals surface area contributed by atoms with E-state index in [9.17, 15) is 18.0 Å². The number of anilines is 4. The largest absolute Gasteiger partial charge is 0.383 e. The number of benzene rings is 2. The summed E-state index contributed by atoms with van der Waals surface area (Å²) in [5.74, 6) is -3.55. The van der Waals surface area contributed by atoms with Crippen LogP contribution in [0.1, 0.15) is 6.92 Å². The quantitative estimate of drug-likeness (QED) is 0.530. The molecule has 0 aliphatic heterocycles. The van der Waals surface area contributed by atoms with Crippen molar-refractivity contribution in [2.45, 2.75) is 13.0 Å². The number of rotatable bonds is 7. The lowest BCUT2D eigenvalue weighted by atomic mass is 10.2. The van der Waals surface area contributed by atoms with Crippen molar-refractivity contribution in [2.75, 3.05) is 29.3 Å². The number of ether oxygens (including phenoxy) is 1. The fourth-order valence-corrected chi connectivity index (χ4v) is 2.79. The van der Waals surface area contributed by atoms with E-state index in [1.807, 2.05) is 6.92 Å². The molecule has 31 heavy (non-hydrogen) atoms. The minimum atomic E-state index is -1.50. The van der Waals surface area contributed by atoms with Crippen LogP contribution in [0.25, 0.3) is 0 Å². The molecule has 2 aromatic carbocycles. The third-order valence-corrected chi connectivity index (χ3v) is 4.16. The van der Waals surface area contributed by atoms with Crippen molar-refractivity contribution in [3.63, 3.8) is 0 Å². The number of para-hydroxylation sites is 1. The van der Waals surface area contributed by atoms with Crippen LogP contribution in [0.3, 0.4) is 0 Å². The van der Waals surface area contributed by atoms with E-state index in [1.165, 1.54) is 12.3 Å². The Morgan fingerprint density at radius 1 is 1.10 bits per heavy atom. The van der Waals surface area contributed by atoms with Gasteiger partial charge in [0.25, 0.3) is 0 Å². The highest BCUT2D eigenvalue weighted by Gasteiger charge is 2.24. The number of hydrogen-bond acceptors (Lipinski definition) is 5. The molecular weight excluding hydrogens is 411 g/mol. The van der Waals surface area contributed by atoms with Gasteiger partial charge >= 0.3 is 6.03 Å². The summed E-state index contributed by atoms with van der Waals surface area (Å²) in [6, 6.07) is 10.1. The summed E-state index contributed by atoms with van der Waals surface area (Å²) in [6.07, 6.45) is 1.43. The van der Waals surface area contributed by atoms with Crippen LogP contribution in [0.2, 0.25) is 0 Å². The number of methoxy groups -OCH3 is 1. The zero-order chi connectivity index (χ0) is 22.4. The van der Waals surface area contributed by atoms with Gasteiger partial charge in [0, 0.05) is 25.4 Å². The summed E-state index contributed by atoms with van der Waals surface area (Å²) in [6.45, 7) is 2.26. The molecule has 0 unspecified atom stereocenters. The van der Waals surface area contributed by atoms with Gasteiger partial charge in [-0.05, 0) is 31.2 Å². The van der Waals surface area contributed by atoms with E-state index in [0.29, 0.717) is 18.4 Å². The molecule has 1 atom stereocenters. The molecule has 2 N–H and O–H groups in total. The molecule has 0 radical (unpaired) electrons. The van der Waals surface area contributed by atoms with Crippen LogP contribution in [0.4, 0.5) is 41.1 Å². The van der Waals surface area contributed by atoms with Gasteiger partial charge in [0.2, 0.25) is 5.95 Å². The summed E-state index contributed by atoms with van der Waals surface area (Å²) in [7, 11) is 1.56. The molecule has 0 aliphatic rings. The zero-order valence-electron chi connectivity index (χ0n) is 16.8. The first-order valence-electron chi connectivity index (χ1n) is 9.29. The Balaban J connectivity index is 1.97. The molecule has 3 aromatic rings. The van der Waals surface area contributed by atoms with Crippen molar-refractivity contribution in [1.82, 2.24) is 9.97 Å². The van der Waals surface area contributed by atoms with Crippen molar-refractivity contribution >= 4 is 29.2 Å². The maximum atomic E-state index is 14.1. The highest BCUT2D eigenvalue weighted by Crippen LogP contribution is 2.27. The number of halogens is 3. The molecule has 7 nitrogen and oxygen atoms in total. The summed E-state index contributed by atoms with van der Waals surface area (Å²) >= 11 is 0. The first-order valence-corrected chi connectivity index (χ1v) is 9.29. The van der Waals surface area contributed by atoms with E-state index in [1.54, 1.807) is 37.4 Å². The van der Waals surface area contributed by atoms with Gasteiger partial charge in [-0.1, -0.05) is 18.2 Å². The molecule has 0 saturated carbocycles. The van der Waals surface area contributed by atoms with Crippen molar-refractivity contribution in [3.8, 4) is 0 Å². The van der Waals surface area contributed by atoms with Gasteiger partial charge in [0.1, 0.15) is 17.3 Å². The van der Waals surface area contributed by atoms with Crippen molar-refractivity contribution < 1.29 is 22.7 Å². The number of hydrogen-bond donors (Lipinski definition) is 2. The Hall–Kier alpha value is -3.66. The van der Waals surface area contributed by atoms with E-state index in [4.69, 9.17) is 4.74 Å². The Bertz CT molecular complexity index is 1050. The number of aromatic nitrogens is 2.